The standard InChI is InChI=1S/C21H37NO2/c1-2-3-5-9-18(23)10-11-19-20-14-16(8-6-4-7-12-22)13-17(20)15-21(19)24/h8,10-11,17-21,23-24H,2-7,9,12-15,22H2,1H3/t17-,18-,19+,20-,21+/m0/s1. The maximum Gasteiger partial charge on any atom is 0.0721 e. The molecule has 2 aliphatic rings. The third-order valence-electron chi connectivity index (χ3n) is 5.86. The summed E-state index contributed by atoms with van der Waals surface area (Å²) in [7, 11) is 0. The van der Waals surface area contributed by atoms with Crippen molar-refractivity contribution in [2.45, 2.75) is 83.3 Å². The molecular formula is C21H37NO2. The highest BCUT2D eigenvalue weighted by Gasteiger charge is 2.44. The summed E-state index contributed by atoms with van der Waals surface area (Å²) < 4.78 is 0. The number of hydrogen-bond donors (Lipinski definition) is 3. The lowest BCUT2D eigenvalue weighted by atomic mass is 9.90. The Hall–Kier alpha value is -0.640. The zero-order chi connectivity index (χ0) is 17.4. The van der Waals surface area contributed by atoms with Gasteiger partial charge in [0.2, 0.25) is 0 Å². The molecule has 0 spiro atoms. The topological polar surface area (TPSA) is 66.5 Å². The molecule has 0 heterocycles. The lowest BCUT2D eigenvalue weighted by Gasteiger charge is -2.17. The van der Waals surface area contributed by atoms with Crippen molar-refractivity contribution in [1.82, 2.24) is 0 Å². The molecule has 0 aliphatic heterocycles. The van der Waals surface area contributed by atoms with Gasteiger partial charge in [0.1, 0.15) is 0 Å². The van der Waals surface area contributed by atoms with E-state index in [-0.39, 0.29) is 18.1 Å². The minimum Gasteiger partial charge on any atom is -0.392 e. The fourth-order valence-corrected chi connectivity index (χ4v) is 4.49. The molecule has 0 aromatic heterocycles. The van der Waals surface area contributed by atoms with Gasteiger partial charge in [-0.1, -0.05) is 50.0 Å². The molecule has 0 aromatic carbocycles. The zero-order valence-electron chi connectivity index (χ0n) is 15.4. The number of allylic oxidation sites excluding steroid dienone is 2. The fraction of sp³-hybridized carbons (Fsp3) is 0.810. The highest BCUT2D eigenvalue weighted by molar-refractivity contribution is 5.17. The van der Waals surface area contributed by atoms with Crippen LogP contribution in [-0.4, -0.2) is 29.0 Å². The number of hydrogen-bond acceptors (Lipinski definition) is 3. The molecule has 0 bridgehead atoms. The number of unbranched alkanes of at least 4 members (excludes halogenated alkanes) is 4. The van der Waals surface area contributed by atoms with Gasteiger partial charge < -0.3 is 15.9 Å². The van der Waals surface area contributed by atoms with Crippen LogP contribution in [0.5, 0.6) is 0 Å². The van der Waals surface area contributed by atoms with Crippen LogP contribution < -0.4 is 5.73 Å². The monoisotopic (exact) mass is 335 g/mol. The fourth-order valence-electron chi connectivity index (χ4n) is 4.49. The van der Waals surface area contributed by atoms with E-state index in [9.17, 15) is 10.2 Å². The summed E-state index contributed by atoms with van der Waals surface area (Å²) in [6.45, 7) is 2.96. The Labute approximate surface area is 148 Å². The average molecular weight is 336 g/mol. The van der Waals surface area contributed by atoms with Crippen molar-refractivity contribution in [3.63, 3.8) is 0 Å². The lowest BCUT2D eigenvalue weighted by Crippen LogP contribution is -2.17. The maximum absolute atomic E-state index is 10.4. The summed E-state index contributed by atoms with van der Waals surface area (Å²) in [6.07, 6.45) is 16.8. The van der Waals surface area contributed by atoms with Gasteiger partial charge in [-0.25, -0.2) is 0 Å². The third kappa shape index (κ3) is 5.72. The first-order valence-electron chi connectivity index (χ1n) is 10.1. The lowest BCUT2D eigenvalue weighted by molar-refractivity contribution is 0.139. The second-order valence-electron chi connectivity index (χ2n) is 7.81. The molecule has 0 saturated heterocycles. The van der Waals surface area contributed by atoms with Crippen molar-refractivity contribution in [2.24, 2.45) is 23.5 Å². The first kappa shape index (κ1) is 19.7. The van der Waals surface area contributed by atoms with E-state index < -0.39 is 0 Å². The molecule has 2 fully saturated rings. The van der Waals surface area contributed by atoms with E-state index in [0.29, 0.717) is 11.8 Å². The van der Waals surface area contributed by atoms with Crippen molar-refractivity contribution >= 4 is 0 Å². The Bertz CT molecular complexity index is 418. The van der Waals surface area contributed by atoms with E-state index >= 15 is 0 Å². The van der Waals surface area contributed by atoms with Crippen LogP contribution in [0.4, 0.5) is 0 Å². The number of nitrogens with two attached hydrogens (primary N) is 1. The van der Waals surface area contributed by atoms with Crippen LogP contribution in [0.2, 0.25) is 0 Å². The molecule has 3 nitrogen and oxygen atoms in total. The van der Waals surface area contributed by atoms with Crippen molar-refractivity contribution in [1.29, 1.82) is 0 Å². The quantitative estimate of drug-likeness (QED) is 0.418. The van der Waals surface area contributed by atoms with E-state index in [0.717, 1.165) is 51.5 Å². The smallest absolute Gasteiger partial charge is 0.0721 e. The van der Waals surface area contributed by atoms with E-state index in [4.69, 9.17) is 5.73 Å². The summed E-state index contributed by atoms with van der Waals surface area (Å²) in [5, 5.41) is 20.5. The highest BCUT2D eigenvalue weighted by atomic mass is 16.3. The predicted molar refractivity (Wildman–Crippen MR) is 101 cm³/mol. The minimum atomic E-state index is -0.351. The van der Waals surface area contributed by atoms with Crippen LogP contribution in [0.25, 0.3) is 0 Å². The van der Waals surface area contributed by atoms with Crippen molar-refractivity contribution in [3.05, 3.63) is 23.8 Å². The molecule has 138 valence electrons. The van der Waals surface area contributed by atoms with Gasteiger partial charge in [-0.05, 0) is 63.3 Å². The molecule has 2 rings (SSSR count). The number of rotatable bonds is 10. The van der Waals surface area contributed by atoms with Crippen LogP contribution in [0, 0.1) is 17.8 Å². The number of aliphatic hydroxyl groups is 2. The van der Waals surface area contributed by atoms with Crippen LogP contribution in [-0.2, 0) is 0 Å². The largest absolute Gasteiger partial charge is 0.392 e. The molecule has 2 saturated carbocycles. The summed E-state index contributed by atoms with van der Waals surface area (Å²) in [5.41, 5.74) is 7.13. The van der Waals surface area contributed by atoms with Crippen molar-refractivity contribution < 1.29 is 10.2 Å². The highest BCUT2D eigenvalue weighted by Crippen LogP contribution is 2.50. The van der Waals surface area contributed by atoms with Crippen molar-refractivity contribution in [3.8, 4) is 0 Å². The molecule has 0 radical (unpaired) electrons. The first-order valence-corrected chi connectivity index (χ1v) is 10.1. The third-order valence-corrected chi connectivity index (χ3v) is 5.86. The summed E-state index contributed by atoms with van der Waals surface area (Å²) >= 11 is 0. The maximum atomic E-state index is 10.4. The Kier molecular flexibility index (Phi) is 8.51. The van der Waals surface area contributed by atoms with Gasteiger partial charge >= 0.3 is 0 Å². The minimum absolute atomic E-state index is 0.224. The normalized spacial score (nSPS) is 32.8. The molecule has 0 amide bonds. The van der Waals surface area contributed by atoms with Crippen LogP contribution in [0.15, 0.2) is 23.8 Å². The summed E-state index contributed by atoms with van der Waals surface area (Å²) in [5.74, 6) is 1.43. The van der Waals surface area contributed by atoms with E-state index in [1.54, 1.807) is 5.57 Å². The Morgan fingerprint density at radius 3 is 2.79 bits per heavy atom. The summed E-state index contributed by atoms with van der Waals surface area (Å²) in [4.78, 5) is 0. The first-order chi connectivity index (χ1) is 11.7. The van der Waals surface area contributed by atoms with Crippen LogP contribution in [0.1, 0.15) is 71.1 Å². The Balaban J connectivity index is 1.83. The molecule has 0 unspecified atom stereocenters. The number of fused-ring (bicyclic) bond motifs is 1. The Morgan fingerprint density at radius 2 is 2.04 bits per heavy atom. The molecule has 4 N–H and O–H groups in total. The molecule has 3 heteroatoms. The van der Waals surface area contributed by atoms with Gasteiger partial charge in [0.15, 0.2) is 0 Å². The van der Waals surface area contributed by atoms with E-state index in [2.05, 4.69) is 19.1 Å². The van der Waals surface area contributed by atoms with Gasteiger partial charge in [0, 0.05) is 5.92 Å². The van der Waals surface area contributed by atoms with Crippen LogP contribution in [0.3, 0.4) is 0 Å². The van der Waals surface area contributed by atoms with Crippen LogP contribution >= 0.6 is 0 Å². The van der Waals surface area contributed by atoms with Gasteiger partial charge in [-0.2, -0.15) is 0 Å². The van der Waals surface area contributed by atoms with Gasteiger partial charge in [0.05, 0.1) is 12.2 Å². The second-order valence-corrected chi connectivity index (χ2v) is 7.81. The molecule has 2 aliphatic carbocycles. The second kappa shape index (κ2) is 10.4. The summed E-state index contributed by atoms with van der Waals surface area (Å²) in [6, 6.07) is 0. The average Bonchev–Trinajstić information content (AvgIpc) is 3.06. The molecule has 24 heavy (non-hydrogen) atoms. The van der Waals surface area contributed by atoms with Crippen molar-refractivity contribution in [2.75, 3.05) is 6.54 Å². The van der Waals surface area contributed by atoms with Gasteiger partial charge in [0.25, 0.3) is 0 Å². The molecule has 0 aromatic rings. The van der Waals surface area contributed by atoms with Gasteiger partial charge in [-0.15, -0.1) is 0 Å². The Morgan fingerprint density at radius 1 is 1.21 bits per heavy atom. The zero-order valence-corrected chi connectivity index (χ0v) is 15.4. The van der Waals surface area contributed by atoms with E-state index in [1.807, 2.05) is 6.08 Å². The SMILES string of the molecule is CCCCC[C@H](O)C=C[C@@H]1[C@H]2CC(=CCCCCN)C[C@H]2C[C@H]1O. The molecular weight excluding hydrogens is 298 g/mol. The van der Waals surface area contributed by atoms with Gasteiger partial charge in [-0.3, -0.25) is 0 Å². The van der Waals surface area contributed by atoms with E-state index in [1.165, 1.54) is 19.3 Å². The predicted octanol–water partition coefficient (Wildman–Crippen LogP) is 3.95. The molecule has 5 atom stereocenters. The number of aliphatic hydroxyl groups excluding tert-OH is 2.